The van der Waals surface area contributed by atoms with E-state index in [0.717, 1.165) is 38.8 Å². The second kappa shape index (κ2) is 8.40. The second-order valence-corrected chi connectivity index (χ2v) is 6.01. The van der Waals surface area contributed by atoms with E-state index in [1.165, 1.54) is 24.1 Å². The van der Waals surface area contributed by atoms with E-state index in [2.05, 4.69) is 55.3 Å². The summed E-state index contributed by atoms with van der Waals surface area (Å²) < 4.78 is 5.40. The minimum absolute atomic E-state index is 0.582. The van der Waals surface area contributed by atoms with Crippen molar-refractivity contribution >= 4 is 5.69 Å². The molecule has 1 heterocycles. The third-order valence-electron chi connectivity index (χ3n) is 4.70. The van der Waals surface area contributed by atoms with Gasteiger partial charge in [0, 0.05) is 31.4 Å². The van der Waals surface area contributed by atoms with E-state index < -0.39 is 0 Å². The minimum atomic E-state index is 0.582. The molecule has 1 aromatic rings. The van der Waals surface area contributed by atoms with Crippen molar-refractivity contribution in [2.45, 2.75) is 46.2 Å². The molecule has 0 aromatic heterocycles. The average molecular weight is 290 g/mol. The number of nitrogens with one attached hydrogen (secondary N) is 1. The van der Waals surface area contributed by atoms with Crippen molar-refractivity contribution in [3.8, 4) is 0 Å². The van der Waals surface area contributed by atoms with Crippen LogP contribution >= 0.6 is 0 Å². The number of rotatable bonds is 7. The van der Waals surface area contributed by atoms with Gasteiger partial charge >= 0.3 is 0 Å². The molecule has 2 rings (SSSR count). The van der Waals surface area contributed by atoms with E-state index >= 15 is 0 Å². The number of hydrogen-bond acceptors (Lipinski definition) is 3. The standard InChI is InChI=1S/C18H30N2O/c1-4-17(5-2)15(3)19-14-16-6-8-18(9-7-16)20-10-12-21-13-11-20/h6-9,15,17,19H,4-5,10-14H2,1-3H3. The van der Waals surface area contributed by atoms with Crippen LogP contribution in [-0.2, 0) is 11.3 Å². The molecule has 0 aliphatic carbocycles. The first-order valence-electron chi connectivity index (χ1n) is 8.39. The van der Waals surface area contributed by atoms with E-state index in [9.17, 15) is 0 Å². The van der Waals surface area contributed by atoms with Crippen molar-refractivity contribution in [1.82, 2.24) is 5.32 Å². The molecule has 1 atom stereocenters. The van der Waals surface area contributed by atoms with E-state index in [1.54, 1.807) is 0 Å². The molecule has 1 fully saturated rings. The van der Waals surface area contributed by atoms with E-state index in [1.807, 2.05) is 0 Å². The molecule has 0 amide bonds. The molecule has 1 aliphatic rings. The molecular weight excluding hydrogens is 260 g/mol. The van der Waals surface area contributed by atoms with E-state index in [0.29, 0.717) is 6.04 Å². The summed E-state index contributed by atoms with van der Waals surface area (Å²) in [5, 5.41) is 3.67. The first-order valence-corrected chi connectivity index (χ1v) is 8.39. The monoisotopic (exact) mass is 290 g/mol. The molecule has 21 heavy (non-hydrogen) atoms. The fraction of sp³-hybridized carbons (Fsp3) is 0.667. The third kappa shape index (κ3) is 4.72. The highest BCUT2D eigenvalue weighted by molar-refractivity contribution is 5.47. The van der Waals surface area contributed by atoms with Crippen LogP contribution in [-0.4, -0.2) is 32.3 Å². The highest BCUT2D eigenvalue weighted by atomic mass is 16.5. The zero-order valence-electron chi connectivity index (χ0n) is 13.8. The Morgan fingerprint density at radius 2 is 1.71 bits per heavy atom. The number of benzene rings is 1. The molecule has 1 aliphatic heterocycles. The topological polar surface area (TPSA) is 24.5 Å². The first-order chi connectivity index (χ1) is 10.2. The van der Waals surface area contributed by atoms with Crippen LogP contribution < -0.4 is 10.2 Å². The lowest BCUT2D eigenvalue weighted by atomic mass is 9.95. The predicted molar refractivity (Wildman–Crippen MR) is 89.8 cm³/mol. The molecule has 3 nitrogen and oxygen atoms in total. The Kier molecular flexibility index (Phi) is 6.52. The summed E-state index contributed by atoms with van der Waals surface area (Å²) in [5.74, 6) is 0.776. The van der Waals surface area contributed by atoms with Gasteiger partial charge in [0.2, 0.25) is 0 Å². The van der Waals surface area contributed by atoms with Crippen molar-refractivity contribution in [2.75, 3.05) is 31.2 Å². The summed E-state index contributed by atoms with van der Waals surface area (Å²) in [5.41, 5.74) is 2.68. The molecule has 1 N–H and O–H groups in total. The minimum Gasteiger partial charge on any atom is -0.378 e. The van der Waals surface area contributed by atoms with Crippen LogP contribution in [0.4, 0.5) is 5.69 Å². The van der Waals surface area contributed by atoms with Gasteiger partial charge in [0.25, 0.3) is 0 Å². The highest BCUT2D eigenvalue weighted by Gasteiger charge is 2.13. The fourth-order valence-corrected chi connectivity index (χ4v) is 3.09. The summed E-state index contributed by atoms with van der Waals surface area (Å²) in [6.45, 7) is 11.5. The van der Waals surface area contributed by atoms with Gasteiger partial charge in [-0.05, 0) is 30.5 Å². The Bertz CT molecular complexity index is 394. The smallest absolute Gasteiger partial charge is 0.0642 e. The highest BCUT2D eigenvalue weighted by Crippen LogP contribution is 2.17. The SMILES string of the molecule is CCC(CC)C(C)NCc1ccc(N2CCOCC2)cc1. The van der Waals surface area contributed by atoms with Crippen molar-refractivity contribution in [2.24, 2.45) is 5.92 Å². The molecule has 0 radical (unpaired) electrons. The van der Waals surface area contributed by atoms with Crippen LogP contribution in [0.2, 0.25) is 0 Å². The summed E-state index contributed by atoms with van der Waals surface area (Å²) in [6, 6.07) is 9.56. The first kappa shape index (κ1) is 16.3. The molecule has 1 unspecified atom stereocenters. The summed E-state index contributed by atoms with van der Waals surface area (Å²) in [6.07, 6.45) is 2.50. The zero-order chi connectivity index (χ0) is 15.1. The van der Waals surface area contributed by atoms with Crippen LogP contribution in [0, 0.1) is 5.92 Å². The zero-order valence-corrected chi connectivity index (χ0v) is 13.8. The van der Waals surface area contributed by atoms with Crippen LogP contribution in [0.5, 0.6) is 0 Å². The molecule has 1 saturated heterocycles. The van der Waals surface area contributed by atoms with Crippen LogP contribution in [0.1, 0.15) is 39.2 Å². The van der Waals surface area contributed by atoms with Gasteiger partial charge < -0.3 is 15.0 Å². The van der Waals surface area contributed by atoms with Crippen molar-refractivity contribution < 1.29 is 4.74 Å². The Morgan fingerprint density at radius 3 is 2.29 bits per heavy atom. The maximum absolute atomic E-state index is 5.40. The summed E-state index contributed by atoms with van der Waals surface area (Å²) in [7, 11) is 0. The van der Waals surface area contributed by atoms with Gasteiger partial charge in [-0.2, -0.15) is 0 Å². The lowest BCUT2D eigenvalue weighted by molar-refractivity contribution is 0.122. The van der Waals surface area contributed by atoms with Gasteiger partial charge in [0.1, 0.15) is 0 Å². The van der Waals surface area contributed by atoms with Gasteiger partial charge in [0.15, 0.2) is 0 Å². The lowest BCUT2D eigenvalue weighted by Gasteiger charge is -2.29. The van der Waals surface area contributed by atoms with E-state index in [-0.39, 0.29) is 0 Å². The van der Waals surface area contributed by atoms with Gasteiger partial charge in [-0.1, -0.05) is 38.8 Å². The molecule has 0 saturated carbocycles. The van der Waals surface area contributed by atoms with Crippen LogP contribution in [0.15, 0.2) is 24.3 Å². The number of morpholine rings is 1. The Hall–Kier alpha value is -1.06. The third-order valence-corrected chi connectivity index (χ3v) is 4.70. The second-order valence-electron chi connectivity index (χ2n) is 6.01. The van der Waals surface area contributed by atoms with Gasteiger partial charge in [0.05, 0.1) is 13.2 Å². The number of hydrogen-bond donors (Lipinski definition) is 1. The van der Waals surface area contributed by atoms with Gasteiger partial charge in [-0.3, -0.25) is 0 Å². The largest absolute Gasteiger partial charge is 0.378 e. The molecule has 0 spiro atoms. The van der Waals surface area contributed by atoms with Gasteiger partial charge in [-0.25, -0.2) is 0 Å². The average Bonchev–Trinajstić information content (AvgIpc) is 2.55. The number of nitrogens with zero attached hydrogens (tertiary/aromatic N) is 1. The van der Waals surface area contributed by atoms with E-state index in [4.69, 9.17) is 4.74 Å². The van der Waals surface area contributed by atoms with Crippen molar-refractivity contribution in [3.05, 3.63) is 29.8 Å². The summed E-state index contributed by atoms with van der Waals surface area (Å²) in [4.78, 5) is 2.40. The molecule has 3 heteroatoms. The normalized spacial score (nSPS) is 17.2. The molecule has 118 valence electrons. The lowest BCUT2D eigenvalue weighted by Crippen LogP contribution is -2.36. The molecule has 0 bridgehead atoms. The maximum Gasteiger partial charge on any atom is 0.0642 e. The quantitative estimate of drug-likeness (QED) is 0.832. The maximum atomic E-state index is 5.40. The molecular formula is C18H30N2O. The van der Waals surface area contributed by atoms with Crippen LogP contribution in [0.25, 0.3) is 0 Å². The Morgan fingerprint density at radius 1 is 1.10 bits per heavy atom. The number of anilines is 1. The Balaban J connectivity index is 1.84. The molecule has 1 aromatic carbocycles. The fourth-order valence-electron chi connectivity index (χ4n) is 3.09. The van der Waals surface area contributed by atoms with Crippen molar-refractivity contribution in [3.63, 3.8) is 0 Å². The number of ether oxygens (including phenoxy) is 1. The van der Waals surface area contributed by atoms with Crippen LogP contribution in [0.3, 0.4) is 0 Å². The summed E-state index contributed by atoms with van der Waals surface area (Å²) >= 11 is 0. The van der Waals surface area contributed by atoms with Gasteiger partial charge in [-0.15, -0.1) is 0 Å². The predicted octanol–water partition coefficient (Wildman–Crippen LogP) is 3.44. The van der Waals surface area contributed by atoms with Crippen molar-refractivity contribution in [1.29, 1.82) is 0 Å². The Labute approximate surface area is 129 Å².